The number of carboxylic acids is 6. The van der Waals surface area contributed by atoms with Crippen LogP contribution < -0.4 is 0 Å². The van der Waals surface area contributed by atoms with Crippen LogP contribution in [-0.2, 0) is 48.2 Å². The van der Waals surface area contributed by atoms with Crippen molar-refractivity contribution in [3.05, 3.63) is 0 Å². The topological polar surface area (TPSA) is 264 Å². The summed E-state index contributed by atoms with van der Waals surface area (Å²) in [7, 11) is 0. The van der Waals surface area contributed by atoms with Crippen LogP contribution in [0.1, 0.15) is 25.7 Å². The minimum absolute atomic E-state index is 0. The van der Waals surface area contributed by atoms with Gasteiger partial charge in [-0.3, -0.25) is 19.2 Å². The van der Waals surface area contributed by atoms with Gasteiger partial charge in [0, 0.05) is 19.5 Å². The van der Waals surface area contributed by atoms with Crippen LogP contribution in [0.25, 0.3) is 0 Å². The number of hydrogen-bond acceptors (Lipinski definition) is 8. The van der Waals surface area contributed by atoms with Gasteiger partial charge in [0.15, 0.2) is 11.2 Å². The summed E-state index contributed by atoms with van der Waals surface area (Å²) < 4.78 is 0. The molecule has 31 heavy (non-hydrogen) atoms. The molecule has 176 valence electrons. The first kappa shape index (κ1) is 48.5. The van der Waals surface area contributed by atoms with Gasteiger partial charge in [0.2, 0.25) is 0 Å². The number of aliphatic carboxylic acids is 6. The molecule has 0 atom stereocenters. The van der Waals surface area contributed by atoms with E-state index >= 15 is 0 Å². The second-order valence-corrected chi connectivity index (χ2v) is 4.96. The maximum atomic E-state index is 10.3. The van der Waals surface area contributed by atoms with Crippen LogP contribution in [0.4, 0.5) is 0 Å². The Bertz CT molecular complexity index is 533. The zero-order valence-electron chi connectivity index (χ0n) is 16.1. The first-order valence-electron chi connectivity index (χ1n) is 6.34. The molecular weight excluding hydrogens is 825 g/mol. The van der Waals surface area contributed by atoms with Crippen LogP contribution >= 0.6 is 12.4 Å². The zero-order valence-corrected chi connectivity index (χ0v) is 32.0. The fourth-order valence-corrected chi connectivity index (χ4v) is 1.43. The first-order valence-corrected chi connectivity index (χ1v) is 6.34. The Morgan fingerprint density at radius 1 is 0.484 bits per heavy atom. The zero-order chi connectivity index (χ0) is 21.3. The molecule has 0 aliphatic carbocycles. The minimum atomic E-state index is -2.74. The summed E-state index contributed by atoms with van der Waals surface area (Å²) in [5, 5.41) is 67.6. The minimum Gasteiger partial charge on any atom is 0 e. The molecule has 0 saturated carbocycles. The van der Waals surface area contributed by atoms with E-state index in [9.17, 15) is 28.8 Å². The molecule has 8 N–H and O–H groups in total. The summed E-state index contributed by atoms with van der Waals surface area (Å²) in [5.74, 6) is -10.0. The molecule has 0 saturated heterocycles. The molecule has 0 aromatic carbocycles. The largest absolute Gasteiger partial charge is 0 e. The van der Waals surface area contributed by atoms with E-state index in [2.05, 4.69) is 0 Å². The molecule has 0 fully saturated rings. The van der Waals surface area contributed by atoms with Crippen LogP contribution in [0, 0.1) is 0 Å². The average molecular weight is 848 g/mol. The molecular formula is C12H23ClO14Sn3Zn. The van der Waals surface area contributed by atoms with Crippen molar-refractivity contribution in [3.8, 4) is 0 Å². The van der Waals surface area contributed by atoms with Crippen molar-refractivity contribution < 1.29 is 89.1 Å². The van der Waals surface area contributed by atoms with Crippen molar-refractivity contribution in [1.82, 2.24) is 0 Å². The van der Waals surface area contributed by atoms with Crippen LogP contribution in [0.15, 0.2) is 0 Å². The Balaban J connectivity index is -0.0000000640. The Kier molecular flexibility index (Phi) is 34.2. The SMILES string of the molecule is Cl.O=C(O)CC(O)(CC(=O)O)C(=O)O.O=C(O)CC(O)(CC(=O)O)C(=O)O.[SnH2].[SnH2].[SnH2].[Zn]. The molecule has 0 aromatic heterocycles. The number of carbonyl (C=O) groups is 6. The van der Waals surface area contributed by atoms with Gasteiger partial charge in [-0.15, -0.1) is 12.4 Å². The molecule has 0 amide bonds. The molecule has 0 rings (SSSR count). The monoisotopic (exact) mass is 850 g/mol. The molecule has 0 unspecified atom stereocenters. The quantitative estimate of drug-likeness (QED) is 0.0961. The van der Waals surface area contributed by atoms with Gasteiger partial charge in [-0.1, -0.05) is 0 Å². The summed E-state index contributed by atoms with van der Waals surface area (Å²) in [6.45, 7) is 0. The third kappa shape index (κ3) is 23.0. The third-order valence-electron chi connectivity index (χ3n) is 2.57. The van der Waals surface area contributed by atoms with Crippen molar-refractivity contribution in [2.24, 2.45) is 0 Å². The van der Waals surface area contributed by atoms with Gasteiger partial charge in [-0.25, -0.2) is 9.59 Å². The molecule has 0 aliphatic heterocycles. The number of carboxylic acid groups (broad SMARTS) is 6. The molecule has 6 radical (unpaired) electrons. The Morgan fingerprint density at radius 3 is 0.677 bits per heavy atom. The van der Waals surface area contributed by atoms with Gasteiger partial charge in [0.05, 0.1) is 25.7 Å². The predicted octanol–water partition coefficient (Wildman–Crippen LogP) is -4.83. The second kappa shape index (κ2) is 21.9. The maximum absolute atomic E-state index is 10.3. The summed E-state index contributed by atoms with van der Waals surface area (Å²) in [6, 6.07) is 0. The van der Waals surface area contributed by atoms with Crippen LogP contribution in [0.5, 0.6) is 0 Å². The van der Waals surface area contributed by atoms with Crippen molar-refractivity contribution in [2.75, 3.05) is 0 Å². The second-order valence-electron chi connectivity index (χ2n) is 4.96. The molecule has 0 aromatic rings. The maximum Gasteiger partial charge on any atom is 0 e. The van der Waals surface area contributed by atoms with Gasteiger partial charge in [-0.2, -0.15) is 0 Å². The molecule has 0 bridgehead atoms. The number of halogens is 1. The number of rotatable bonds is 10. The van der Waals surface area contributed by atoms with Crippen LogP contribution in [-0.4, -0.2) is 160 Å². The summed E-state index contributed by atoms with van der Waals surface area (Å²) >= 11 is 0. The van der Waals surface area contributed by atoms with Gasteiger partial charge in [0.1, 0.15) is 0 Å². The van der Waals surface area contributed by atoms with Gasteiger partial charge < -0.3 is 40.9 Å². The summed E-state index contributed by atoms with van der Waals surface area (Å²) in [5.41, 5.74) is -5.48. The smallest absolute Gasteiger partial charge is 0 e. The molecule has 0 heterocycles. The van der Waals surface area contributed by atoms with E-state index in [1.54, 1.807) is 0 Å². The van der Waals surface area contributed by atoms with Gasteiger partial charge in [0.25, 0.3) is 0 Å². The van der Waals surface area contributed by atoms with E-state index in [0.717, 1.165) is 0 Å². The fourth-order valence-electron chi connectivity index (χ4n) is 1.43. The molecule has 0 spiro atoms. The molecule has 0 aliphatic rings. The number of hydrogen-bond donors (Lipinski definition) is 8. The summed E-state index contributed by atoms with van der Waals surface area (Å²) in [4.78, 5) is 61.0. The molecule has 19 heteroatoms. The third-order valence-corrected chi connectivity index (χ3v) is 2.57. The number of aliphatic hydroxyl groups is 2. The van der Waals surface area contributed by atoms with Crippen molar-refractivity contribution in [2.45, 2.75) is 36.9 Å². The van der Waals surface area contributed by atoms with E-state index in [-0.39, 0.29) is 104 Å². The first-order chi connectivity index (χ1) is 11.6. The van der Waals surface area contributed by atoms with Crippen LogP contribution in [0.3, 0.4) is 0 Å². The van der Waals surface area contributed by atoms with Crippen molar-refractivity contribution in [1.29, 1.82) is 0 Å². The van der Waals surface area contributed by atoms with Crippen LogP contribution in [0.2, 0.25) is 0 Å². The predicted molar refractivity (Wildman–Crippen MR) is 107 cm³/mol. The Labute approximate surface area is 243 Å². The summed E-state index contributed by atoms with van der Waals surface area (Å²) in [6.07, 6.45) is -4.58. The van der Waals surface area contributed by atoms with Gasteiger partial charge >= 0.3 is 108 Å². The van der Waals surface area contributed by atoms with Crippen molar-refractivity contribution in [3.63, 3.8) is 0 Å². The van der Waals surface area contributed by atoms with E-state index in [0.29, 0.717) is 0 Å². The van der Waals surface area contributed by atoms with E-state index in [1.165, 1.54) is 0 Å². The molecule has 14 nitrogen and oxygen atoms in total. The fraction of sp³-hybridized carbons (Fsp3) is 0.500. The van der Waals surface area contributed by atoms with E-state index in [1.807, 2.05) is 0 Å². The van der Waals surface area contributed by atoms with Crippen molar-refractivity contribution >= 4 is 120 Å². The van der Waals surface area contributed by atoms with E-state index in [4.69, 9.17) is 40.9 Å². The van der Waals surface area contributed by atoms with Gasteiger partial charge in [-0.05, 0) is 0 Å². The Hall–Kier alpha value is 0.0495. The Morgan fingerprint density at radius 2 is 0.613 bits per heavy atom. The van der Waals surface area contributed by atoms with E-state index < -0.39 is 72.7 Å². The average Bonchev–Trinajstić information content (AvgIpc) is 2.34. The standard InChI is InChI=1S/2C6H8O7.ClH.3Sn.Zn.6H/c2*7-3(8)1-6(13,5(11)12)2-4(9)10;;;;;;;;;;;/h2*13H,1-2H2,(H,7,8)(H,9,10)(H,11,12);1H;;;;;;;;;;. The normalized spacial score (nSPS) is 9.10.